The van der Waals surface area contributed by atoms with Gasteiger partial charge in [-0.05, 0) is 38.2 Å². The molecule has 15 heavy (non-hydrogen) atoms. The Morgan fingerprint density at radius 1 is 1.47 bits per heavy atom. The fourth-order valence-corrected chi connectivity index (χ4v) is 1.72. The lowest BCUT2D eigenvalue weighted by molar-refractivity contribution is 0.293. The van der Waals surface area contributed by atoms with E-state index in [4.69, 9.17) is 10.5 Å². The van der Waals surface area contributed by atoms with Gasteiger partial charge in [0.2, 0.25) is 0 Å². The molecule has 1 aromatic carbocycles. The van der Waals surface area contributed by atoms with Gasteiger partial charge in [-0.25, -0.2) is 0 Å². The summed E-state index contributed by atoms with van der Waals surface area (Å²) < 4.78 is 5.87. The Hall–Kier alpha value is -1.02. The van der Waals surface area contributed by atoms with Crippen molar-refractivity contribution in [2.24, 2.45) is 11.7 Å². The summed E-state index contributed by atoms with van der Waals surface area (Å²) >= 11 is 0. The first-order valence-electron chi connectivity index (χ1n) is 5.66. The quantitative estimate of drug-likeness (QED) is 0.820. The van der Waals surface area contributed by atoms with Crippen LogP contribution in [0.5, 0.6) is 5.75 Å². The number of nitrogens with two attached hydrogens (primary N) is 1. The van der Waals surface area contributed by atoms with E-state index >= 15 is 0 Å². The second-order valence-electron chi connectivity index (χ2n) is 4.54. The van der Waals surface area contributed by atoms with Crippen molar-refractivity contribution in [1.29, 1.82) is 0 Å². The highest BCUT2D eigenvalue weighted by molar-refractivity contribution is 5.42. The number of hydrogen-bond donors (Lipinski definition) is 1. The molecule has 1 aromatic rings. The van der Waals surface area contributed by atoms with Gasteiger partial charge in [0, 0.05) is 11.6 Å². The maximum absolute atomic E-state index is 5.93. The van der Waals surface area contributed by atoms with Crippen LogP contribution in [0.1, 0.15) is 36.9 Å². The molecule has 0 radical (unpaired) electrons. The van der Waals surface area contributed by atoms with E-state index in [9.17, 15) is 0 Å². The monoisotopic (exact) mass is 205 g/mol. The molecule has 1 atom stereocenters. The lowest BCUT2D eigenvalue weighted by Gasteiger charge is -2.16. The molecule has 0 amide bonds. The Morgan fingerprint density at radius 2 is 2.20 bits per heavy atom. The molecule has 2 N–H and O–H groups in total. The van der Waals surface area contributed by atoms with Crippen molar-refractivity contribution in [2.45, 2.75) is 32.7 Å². The van der Waals surface area contributed by atoms with Crippen LogP contribution in [0.15, 0.2) is 18.2 Å². The molecule has 1 unspecified atom stereocenters. The summed E-state index contributed by atoms with van der Waals surface area (Å²) in [4.78, 5) is 0. The molecule has 2 heteroatoms. The van der Waals surface area contributed by atoms with E-state index in [-0.39, 0.29) is 6.04 Å². The van der Waals surface area contributed by atoms with Crippen molar-refractivity contribution in [2.75, 3.05) is 6.61 Å². The van der Waals surface area contributed by atoms with Crippen LogP contribution in [0.3, 0.4) is 0 Å². The minimum Gasteiger partial charge on any atom is -0.493 e. The van der Waals surface area contributed by atoms with Crippen LogP contribution in [0.4, 0.5) is 0 Å². The minimum atomic E-state index is 0.0408. The van der Waals surface area contributed by atoms with Crippen molar-refractivity contribution in [3.8, 4) is 5.75 Å². The highest BCUT2D eigenvalue weighted by Gasteiger charge is 2.23. The summed E-state index contributed by atoms with van der Waals surface area (Å²) in [6.45, 7) is 4.93. The van der Waals surface area contributed by atoms with Crippen molar-refractivity contribution in [1.82, 2.24) is 0 Å². The van der Waals surface area contributed by atoms with E-state index in [1.165, 1.54) is 18.4 Å². The summed E-state index contributed by atoms with van der Waals surface area (Å²) in [5.41, 5.74) is 8.23. The first kappa shape index (κ1) is 10.5. The zero-order valence-electron chi connectivity index (χ0n) is 9.49. The first-order chi connectivity index (χ1) is 7.18. The number of aryl methyl sites for hydroxylation is 1. The topological polar surface area (TPSA) is 35.2 Å². The van der Waals surface area contributed by atoms with Crippen LogP contribution in [-0.2, 0) is 0 Å². The summed E-state index contributed by atoms with van der Waals surface area (Å²) in [6, 6.07) is 6.21. The lowest BCUT2D eigenvalue weighted by atomic mass is 10.0. The van der Waals surface area contributed by atoms with Gasteiger partial charge in [-0.1, -0.05) is 18.2 Å². The molecular weight excluding hydrogens is 186 g/mol. The molecular formula is C13H19NO. The van der Waals surface area contributed by atoms with Gasteiger partial charge in [0.15, 0.2) is 0 Å². The predicted octanol–water partition coefficient (Wildman–Crippen LogP) is 2.80. The maximum atomic E-state index is 5.93. The van der Waals surface area contributed by atoms with Gasteiger partial charge in [-0.15, -0.1) is 0 Å². The number of ether oxygens (including phenoxy) is 1. The fourth-order valence-electron chi connectivity index (χ4n) is 1.72. The lowest BCUT2D eigenvalue weighted by Crippen LogP contribution is -2.10. The van der Waals surface area contributed by atoms with Gasteiger partial charge in [0.05, 0.1) is 6.61 Å². The van der Waals surface area contributed by atoms with Crippen LogP contribution < -0.4 is 10.5 Å². The molecule has 0 aliphatic heterocycles. The molecule has 0 saturated heterocycles. The van der Waals surface area contributed by atoms with Crippen LogP contribution in [0.25, 0.3) is 0 Å². The second-order valence-corrected chi connectivity index (χ2v) is 4.54. The third-order valence-corrected chi connectivity index (χ3v) is 2.89. The first-order valence-corrected chi connectivity index (χ1v) is 5.66. The Morgan fingerprint density at radius 3 is 2.80 bits per heavy atom. The van der Waals surface area contributed by atoms with Gasteiger partial charge >= 0.3 is 0 Å². The molecule has 0 heterocycles. The Labute approximate surface area is 91.4 Å². The van der Waals surface area contributed by atoms with Crippen molar-refractivity contribution in [3.05, 3.63) is 29.3 Å². The summed E-state index contributed by atoms with van der Waals surface area (Å²) in [5.74, 6) is 1.78. The zero-order valence-corrected chi connectivity index (χ0v) is 9.49. The van der Waals surface area contributed by atoms with Gasteiger partial charge in [-0.3, -0.25) is 0 Å². The number of benzene rings is 1. The molecule has 1 fully saturated rings. The Bertz CT molecular complexity index is 342. The van der Waals surface area contributed by atoms with Crippen LogP contribution in [0.2, 0.25) is 0 Å². The summed E-state index contributed by atoms with van der Waals surface area (Å²) in [6.07, 6.45) is 2.64. The number of para-hydroxylation sites is 1. The highest BCUT2D eigenvalue weighted by atomic mass is 16.5. The predicted molar refractivity (Wildman–Crippen MR) is 62.0 cm³/mol. The van der Waals surface area contributed by atoms with E-state index in [0.29, 0.717) is 0 Å². The number of rotatable bonds is 4. The van der Waals surface area contributed by atoms with Gasteiger partial charge in [0.1, 0.15) is 5.75 Å². The van der Waals surface area contributed by atoms with Crippen LogP contribution in [0, 0.1) is 12.8 Å². The van der Waals surface area contributed by atoms with Crippen LogP contribution in [-0.4, -0.2) is 6.61 Å². The van der Waals surface area contributed by atoms with Crippen molar-refractivity contribution in [3.63, 3.8) is 0 Å². The zero-order chi connectivity index (χ0) is 10.8. The summed E-state index contributed by atoms with van der Waals surface area (Å²) in [7, 11) is 0. The molecule has 82 valence electrons. The second kappa shape index (κ2) is 4.23. The average Bonchev–Trinajstić information content (AvgIpc) is 2.99. The third-order valence-electron chi connectivity index (χ3n) is 2.89. The molecule has 1 aliphatic rings. The SMILES string of the molecule is Cc1cccc(C(C)N)c1OCC1CC1. The maximum Gasteiger partial charge on any atom is 0.126 e. The fraction of sp³-hybridized carbons (Fsp3) is 0.538. The standard InChI is InChI=1S/C13H19NO/c1-9-4-3-5-12(10(2)14)13(9)15-8-11-6-7-11/h3-5,10-11H,6-8,14H2,1-2H3. The number of hydrogen-bond acceptors (Lipinski definition) is 2. The minimum absolute atomic E-state index is 0.0408. The van der Waals surface area contributed by atoms with E-state index in [0.717, 1.165) is 23.8 Å². The van der Waals surface area contributed by atoms with Gasteiger partial charge in [0.25, 0.3) is 0 Å². The van der Waals surface area contributed by atoms with E-state index < -0.39 is 0 Å². The summed E-state index contributed by atoms with van der Waals surface area (Å²) in [5, 5.41) is 0. The van der Waals surface area contributed by atoms with E-state index in [1.807, 2.05) is 13.0 Å². The van der Waals surface area contributed by atoms with Gasteiger partial charge in [-0.2, -0.15) is 0 Å². The average molecular weight is 205 g/mol. The smallest absolute Gasteiger partial charge is 0.126 e. The highest BCUT2D eigenvalue weighted by Crippen LogP contribution is 2.32. The van der Waals surface area contributed by atoms with Crippen LogP contribution >= 0.6 is 0 Å². The third kappa shape index (κ3) is 2.51. The largest absolute Gasteiger partial charge is 0.493 e. The molecule has 1 aliphatic carbocycles. The molecule has 0 aromatic heterocycles. The molecule has 2 nitrogen and oxygen atoms in total. The molecule has 1 saturated carbocycles. The Kier molecular flexibility index (Phi) is 2.96. The van der Waals surface area contributed by atoms with Gasteiger partial charge < -0.3 is 10.5 Å². The molecule has 2 rings (SSSR count). The molecule has 0 spiro atoms. The normalized spacial score (nSPS) is 17.5. The van der Waals surface area contributed by atoms with Crippen molar-refractivity contribution >= 4 is 0 Å². The van der Waals surface area contributed by atoms with E-state index in [1.54, 1.807) is 0 Å². The Balaban J connectivity index is 2.16. The molecule has 0 bridgehead atoms. The van der Waals surface area contributed by atoms with E-state index in [2.05, 4.69) is 19.1 Å². The van der Waals surface area contributed by atoms with Crippen molar-refractivity contribution < 1.29 is 4.74 Å².